The zero-order valence-corrected chi connectivity index (χ0v) is 12.7. The Hall–Kier alpha value is -1.56. The number of carbonyl (C=O) groups excluding carboxylic acids is 1. The van der Waals surface area contributed by atoms with Gasteiger partial charge >= 0.3 is 6.09 Å². The van der Waals surface area contributed by atoms with Gasteiger partial charge in [0.1, 0.15) is 11.4 Å². The van der Waals surface area contributed by atoms with Crippen LogP contribution in [0.25, 0.3) is 0 Å². The molecule has 6 heteroatoms. The van der Waals surface area contributed by atoms with E-state index in [-0.39, 0.29) is 12.1 Å². The minimum atomic E-state index is -0.475. The smallest absolute Gasteiger partial charge is 0.407 e. The molecule has 2 N–H and O–H groups in total. The van der Waals surface area contributed by atoms with E-state index in [1.165, 1.54) is 6.39 Å². The van der Waals surface area contributed by atoms with Crippen LogP contribution >= 0.6 is 0 Å². The van der Waals surface area contributed by atoms with Crippen LogP contribution in [0.1, 0.15) is 46.3 Å². The monoisotopic (exact) mass is 283 g/mol. The number of alkyl carbamates (subject to hydrolysis) is 1. The van der Waals surface area contributed by atoms with Crippen LogP contribution in [0.2, 0.25) is 0 Å². The van der Waals surface area contributed by atoms with Crippen LogP contribution in [-0.2, 0) is 11.3 Å². The summed E-state index contributed by atoms with van der Waals surface area (Å²) in [5.41, 5.74) is -0.475. The minimum absolute atomic E-state index is 0.178. The zero-order chi connectivity index (χ0) is 15.0. The van der Waals surface area contributed by atoms with E-state index < -0.39 is 5.60 Å². The summed E-state index contributed by atoms with van der Waals surface area (Å²) in [4.78, 5) is 15.5. The van der Waals surface area contributed by atoms with E-state index in [4.69, 9.17) is 9.15 Å². The van der Waals surface area contributed by atoms with Crippen LogP contribution in [0.5, 0.6) is 0 Å². The summed E-state index contributed by atoms with van der Waals surface area (Å²) in [7, 11) is 0. The first-order valence-electron chi connectivity index (χ1n) is 6.98. The second-order valence-corrected chi connectivity index (χ2v) is 5.72. The van der Waals surface area contributed by atoms with Crippen LogP contribution in [-0.4, -0.2) is 29.3 Å². The summed E-state index contributed by atoms with van der Waals surface area (Å²) >= 11 is 0. The Morgan fingerprint density at radius 1 is 1.50 bits per heavy atom. The SMILES string of the molecule is CCCC(CNC(=O)OC(C)(C)C)NCc1cnco1. The second-order valence-electron chi connectivity index (χ2n) is 5.72. The predicted octanol–water partition coefficient (Wildman–Crippen LogP) is 2.46. The highest BCUT2D eigenvalue weighted by Gasteiger charge is 2.17. The Morgan fingerprint density at radius 2 is 2.25 bits per heavy atom. The lowest BCUT2D eigenvalue weighted by Crippen LogP contribution is -2.42. The molecule has 0 saturated carbocycles. The number of hydrogen-bond acceptors (Lipinski definition) is 5. The van der Waals surface area contributed by atoms with Crippen LogP contribution in [0, 0.1) is 0 Å². The number of oxazole rings is 1. The number of nitrogens with one attached hydrogen (secondary N) is 2. The fraction of sp³-hybridized carbons (Fsp3) is 0.714. The number of rotatable bonds is 7. The van der Waals surface area contributed by atoms with Gasteiger partial charge in [0.05, 0.1) is 12.7 Å². The summed E-state index contributed by atoms with van der Waals surface area (Å²) in [5, 5.41) is 6.12. The lowest BCUT2D eigenvalue weighted by molar-refractivity contribution is 0.0521. The molecule has 0 aliphatic heterocycles. The molecule has 0 aliphatic carbocycles. The number of aromatic nitrogens is 1. The quantitative estimate of drug-likeness (QED) is 0.804. The first kappa shape index (κ1) is 16.5. The maximum Gasteiger partial charge on any atom is 0.407 e. The Kier molecular flexibility index (Phi) is 6.51. The number of carbonyl (C=O) groups is 1. The van der Waals surface area contributed by atoms with Gasteiger partial charge in [-0.3, -0.25) is 0 Å². The summed E-state index contributed by atoms with van der Waals surface area (Å²) in [5.74, 6) is 0.781. The third kappa shape index (κ3) is 7.13. The van der Waals surface area contributed by atoms with Crippen molar-refractivity contribution in [3.63, 3.8) is 0 Å². The Labute approximate surface area is 120 Å². The Bertz CT molecular complexity index is 385. The molecule has 1 aromatic heterocycles. The van der Waals surface area contributed by atoms with Gasteiger partial charge in [0, 0.05) is 12.6 Å². The second kappa shape index (κ2) is 7.89. The van der Waals surface area contributed by atoms with Crippen LogP contribution in [0.3, 0.4) is 0 Å². The molecule has 0 fully saturated rings. The zero-order valence-electron chi connectivity index (χ0n) is 12.7. The lowest BCUT2D eigenvalue weighted by atomic mass is 10.1. The van der Waals surface area contributed by atoms with Gasteiger partial charge in [0.25, 0.3) is 0 Å². The van der Waals surface area contributed by atoms with E-state index in [0.29, 0.717) is 13.1 Å². The summed E-state index contributed by atoms with van der Waals surface area (Å²) in [6.45, 7) is 8.77. The molecular formula is C14H25N3O3. The number of nitrogens with zero attached hydrogens (tertiary/aromatic N) is 1. The highest BCUT2D eigenvalue weighted by Crippen LogP contribution is 2.06. The number of amides is 1. The maximum atomic E-state index is 11.6. The molecule has 0 spiro atoms. The molecule has 0 aliphatic rings. The van der Waals surface area contributed by atoms with Gasteiger partial charge in [-0.2, -0.15) is 0 Å². The molecule has 0 saturated heterocycles. The van der Waals surface area contributed by atoms with Gasteiger partial charge in [0.15, 0.2) is 6.39 Å². The first-order chi connectivity index (χ1) is 9.40. The van der Waals surface area contributed by atoms with Crippen molar-refractivity contribution in [2.45, 2.75) is 58.7 Å². The standard InChI is InChI=1S/C14H25N3O3/c1-5-6-11(16-9-12-8-15-10-19-12)7-17-13(18)20-14(2,3)4/h8,10-11,16H,5-7,9H2,1-4H3,(H,17,18). The largest absolute Gasteiger partial charge is 0.447 e. The van der Waals surface area contributed by atoms with Crippen LogP contribution in [0.4, 0.5) is 4.79 Å². The van der Waals surface area contributed by atoms with Gasteiger partial charge in [-0.1, -0.05) is 13.3 Å². The van der Waals surface area contributed by atoms with Gasteiger partial charge in [-0.15, -0.1) is 0 Å². The molecule has 1 rings (SSSR count). The van der Waals surface area contributed by atoms with Gasteiger partial charge in [-0.25, -0.2) is 9.78 Å². The van der Waals surface area contributed by atoms with Crippen molar-refractivity contribution >= 4 is 6.09 Å². The maximum absolute atomic E-state index is 11.6. The van der Waals surface area contributed by atoms with E-state index in [1.807, 2.05) is 20.8 Å². The van der Waals surface area contributed by atoms with Crippen LogP contribution in [0.15, 0.2) is 17.0 Å². The molecule has 0 radical (unpaired) electrons. The molecule has 1 unspecified atom stereocenters. The van der Waals surface area contributed by atoms with Crippen molar-refractivity contribution < 1.29 is 13.9 Å². The van der Waals surface area contributed by atoms with E-state index in [0.717, 1.165) is 18.6 Å². The summed E-state index contributed by atoms with van der Waals surface area (Å²) in [6.07, 6.45) is 4.69. The first-order valence-corrected chi connectivity index (χ1v) is 6.98. The normalized spacial score (nSPS) is 13.0. The fourth-order valence-electron chi connectivity index (χ4n) is 1.72. The Balaban J connectivity index is 2.33. The van der Waals surface area contributed by atoms with Crippen LogP contribution < -0.4 is 10.6 Å². The fourth-order valence-corrected chi connectivity index (χ4v) is 1.72. The molecule has 1 amide bonds. The molecule has 114 valence electrons. The van der Waals surface area contributed by atoms with Crippen molar-refractivity contribution in [2.75, 3.05) is 6.54 Å². The molecule has 20 heavy (non-hydrogen) atoms. The van der Waals surface area contributed by atoms with E-state index in [1.54, 1.807) is 6.20 Å². The molecule has 6 nitrogen and oxygen atoms in total. The molecule has 0 aromatic carbocycles. The third-order valence-electron chi connectivity index (χ3n) is 2.58. The summed E-state index contributed by atoms with van der Waals surface area (Å²) < 4.78 is 10.4. The predicted molar refractivity (Wildman–Crippen MR) is 76.3 cm³/mol. The number of ether oxygens (including phenoxy) is 1. The third-order valence-corrected chi connectivity index (χ3v) is 2.58. The van der Waals surface area contributed by atoms with E-state index in [2.05, 4.69) is 22.5 Å². The highest BCUT2D eigenvalue weighted by atomic mass is 16.6. The van der Waals surface area contributed by atoms with Crippen molar-refractivity contribution in [3.05, 3.63) is 18.4 Å². The molecule has 0 bridgehead atoms. The van der Waals surface area contributed by atoms with Crippen molar-refractivity contribution in [3.8, 4) is 0 Å². The van der Waals surface area contributed by atoms with Gasteiger partial charge < -0.3 is 19.8 Å². The average Bonchev–Trinajstić information content (AvgIpc) is 2.83. The topological polar surface area (TPSA) is 76.4 Å². The molecule has 1 aromatic rings. The summed E-state index contributed by atoms with van der Waals surface area (Å²) in [6, 6.07) is 0.178. The lowest BCUT2D eigenvalue weighted by Gasteiger charge is -2.22. The van der Waals surface area contributed by atoms with E-state index >= 15 is 0 Å². The minimum Gasteiger partial charge on any atom is -0.447 e. The Morgan fingerprint density at radius 3 is 2.80 bits per heavy atom. The highest BCUT2D eigenvalue weighted by molar-refractivity contribution is 5.67. The molecular weight excluding hydrogens is 258 g/mol. The average molecular weight is 283 g/mol. The van der Waals surface area contributed by atoms with Gasteiger partial charge in [-0.05, 0) is 27.2 Å². The van der Waals surface area contributed by atoms with Gasteiger partial charge in [0.2, 0.25) is 0 Å². The van der Waals surface area contributed by atoms with Crippen molar-refractivity contribution in [2.24, 2.45) is 0 Å². The molecule has 1 atom stereocenters. The molecule has 1 heterocycles. The van der Waals surface area contributed by atoms with Crippen molar-refractivity contribution in [1.82, 2.24) is 15.6 Å². The van der Waals surface area contributed by atoms with Crippen molar-refractivity contribution in [1.29, 1.82) is 0 Å². The van der Waals surface area contributed by atoms with E-state index in [9.17, 15) is 4.79 Å². The number of hydrogen-bond donors (Lipinski definition) is 2.